The Bertz CT molecular complexity index is 874. The van der Waals surface area contributed by atoms with Crippen LogP contribution in [0.1, 0.15) is 12.5 Å². The lowest BCUT2D eigenvalue weighted by Crippen LogP contribution is -2.50. The highest BCUT2D eigenvalue weighted by Gasteiger charge is 2.62. The van der Waals surface area contributed by atoms with Crippen molar-refractivity contribution < 1.29 is 37.3 Å². The Labute approximate surface area is 164 Å². The molecule has 29 heavy (non-hydrogen) atoms. The molecule has 0 aliphatic rings. The minimum atomic E-state index is -5.36. The van der Waals surface area contributed by atoms with E-state index < -0.39 is 29.3 Å². The van der Waals surface area contributed by atoms with Crippen LogP contribution in [0.2, 0.25) is 0 Å². The van der Waals surface area contributed by atoms with Crippen LogP contribution in [-0.4, -0.2) is 37.0 Å². The summed E-state index contributed by atoms with van der Waals surface area (Å²) in [5, 5.41) is 15.0. The van der Waals surface area contributed by atoms with Gasteiger partial charge in [-0.15, -0.1) is 0 Å². The number of methoxy groups -OCH3 is 1. The number of alkyl halides is 3. The average molecular weight is 412 g/mol. The largest absolute Gasteiger partial charge is 0.495 e. The van der Waals surface area contributed by atoms with Crippen molar-refractivity contribution in [1.29, 1.82) is 0 Å². The lowest BCUT2D eigenvalue weighted by atomic mass is 9.92. The first-order chi connectivity index (χ1) is 13.6. The summed E-state index contributed by atoms with van der Waals surface area (Å²) in [6.45, 7) is 0.946. The van der Waals surface area contributed by atoms with Gasteiger partial charge in [0.05, 0.1) is 19.4 Å². The zero-order valence-corrected chi connectivity index (χ0v) is 15.5. The predicted molar refractivity (Wildman–Crippen MR) is 98.7 cm³/mol. The van der Waals surface area contributed by atoms with Gasteiger partial charge >= 0.3 is 18.2 Å². The summed E-state index contributed by atoms with van der Waals surface area (Å²) in [5.41, 5.74) is -4.50. The van der Waals surface area contributed by atoms with Crippen molar-refractivity contribution in [3.63, 3.8) is 0 Å². The maximum absolute atomic E-state index is 13.5. The average Bonchev–Trinajstić information content (AvgIpc) is 2.67. The first-order valence-electron chi connectivity index (χ1n) is 8.41. The van der Waals surface area contributed by atoms with E-state index in [0.29, 0.717) is 5.69 Å². The van der Waals surface area contributed by atoms with Crippen LogP contribution >= 0.6 is 0 Å². The number of hydrogen-bond acceptors (Lipinski definition) is 5. The van der Waals surface area contributed by atoms with Gasteiger partial charge in [-0.1, -0.05) is 24.3 Å². The fraction of sp³-hybridized carbons (Fsp3) is 0.263. The fourth-order valence-corrected chi connectivity index (χ4v) is 2.47. The highest BCUT2D eigenvalue weighted by atomic mass is 19.4. The SMILES string of the molecule is CCOC(=O)[C@](O)(c1ccc(OC)c(NC(=O)Nc2ccccc2)c1)C(F)(F)F. The Kier molecular flexibility index (Phi) is 6.70. The molecule has 0 radical (unpaired) electrons. The van der Waals surface area contributed by atoms with E-state index in [1.807, 2.05) is 0 Å². The zero-order chi connectivity index (χ0) is 21.7. The van der Waals surface area contributed by atoms with Crippen LogP contribution in [-0.2, 0) is 15.1 Å². The van der Waals surface area contributed by atoms with Gasteiger partial charge in [0.1, 0.15) is 5.75 Å². The van der Waals surface area contributed by atoms with E-state index in [2.05, 4.69) is 15.4 Å². The normalized spacial score (nSPS) is 13.2. The van der Waals surface area contributed by atoms with Gasteiger partial charge < -0.3 is 25.2 Å². The second-order valence-electron chi connectivity index (χ2n) is 5.79. The highest BCUT2D eigenvalue weighted by molar-refractivity contribution is 6.00. The lowest BCUT2D eigenvalue weighted by Gasteiger charge is -2.29. The third-order valence-corrected chi connectivity index (χ3v) is 3.88. The smallest absolute Gasteiger partial charge is 0.432 e. The number of anilines is 2. The molecule has 0 saturated carbocycles. The summed E-state index contributed by atoms with van der Waals surface area (Å²) in [7, 11) is 1.25. The molecule has 2 aromatic rings. The van der Waals surface area contributed by atoms with Crippen molar-refractivity contribution in [3.05, 3.63) is 54.1 Å². The number of esters is 1. The molecule has 0 aromatic heterocycles. The maximum atomic E-state index is 13.5. The quantitative estimate of drug-likeness (QED) is 0.630. The summed E-state index contributed by atoms with van der Waals surface area (Å²) >= 11 is 0. The Balaban J connectivity index is 2.40. The second-order valence-corrected chi connectivity index (χ2v) is 5.79. The van der Waals surface area contributed by atoms with Gasteiger partial charge in [0, 0.05) is 11.3 Å². The molecule has 2 amide bonds. The van der Waals surface area contributed by atoms with Gasteiger partial charge in [-0.2, -0.15) is 13.2 Å². The molecule has 0 heterocycles. The van der Waals surface area contributed by atoms with E-state index in [-0.39, 0.29) is 18.0 Å². The molecule has 1 atom stereocenters. The number of hydrogen-bond donors (Lipinski definition) is 3. The number of amides is 2. The number of ether oxygens (including phenoxy) is 2. The molecule has 0 bridgehead atoms. The van der Waals surface area contributed by atoms with Crippen molar-refractivity contribution in [2.24, 2.45) is 0 Å². The second kappa shape index (κ2) is 8.82. The molecule has 0 aliphatic heterocycles. The van der Waals surface area contributed by atoms with Crippen LogP contribution < -0.4 is 15.4 Å². The molecule has 0 spiro atoms. The molecular formula is C19H19F3N2O5. The summed E-state index contributed by atoms with van der Waals surface area (Å²) in [6.07, 6.45) is -5.36. The number of carbonyl (C=O) groups excluding carboxylic acids is 2. The monoisotopic (exact) mass is 412 g/mol. The van der Waals surface area contributed by atoms with Crippen molar-refractivity contribution in [2.75, 3.05) is 24.4 Å². The van der Waals surface area contributed by atoms with Crippen LogP contribution in [0.15, 0.2) is 48.5 Å². The van der Waals surface area contributed by atoms with E-state index >= 15 is 0 Å². The summed E-state index contributed by atoms with van der Waals surface area (Å²) in [4.78, 5) is 24.1. The number of para-hydroxylation sites is 1. The van der Waals surface area contributed by atoms with E-state index in [9.17, 15) is 27.9 Å². The van der Waals surface area contributed by atoms with E-state index in [0.717, 1.165) is 18.2 Å². The van der Waals surface area contributed by atoms with Gasteiger partial charge in [0.15, 0.2) is 0 Å². The minimum Gasteiger partial charge on any atom is -0.495 e. The van der Waals surface area contributed by atoms with E-state index in [1.165, 1.54) is 14.0 Å². The summed E-state index contributed by atoms with van der Waals surface area (Å²) in [6, 6.07) is 10.3. The van der Waals surface area contributed by atoms with Crippen LogP contribution in [0.3, 0.4) is 0 Å². The molecule has 156 valence electrons. The molecule has 0 saturated heterocycles. The number of benzene rings is 2. The molecule has 0 fully saturated rings. The molecule has 10 heteroatoms. The fourth-order valence-electron chi connectivity index (χ4n) is 2.47. The Morgan fingerprint density at radius 2 is 1.72 bits per heavy atom. The molecule has 2 aromatic carbocycles. The van der Waals surface area contributed by atoms with Crippen LogP contribution in [0.4, 0.5) is 29.3 Å². The first kappa shape index (κ1) is 22.0. The third kappa shape index (κ3) is 4.77. The van der Waals surface area contributed by atoms with Gasteiger partial charge in [-0.3, -0.25) is 0 Å². The molecule has 3 N–H and O–H groups in total. The van der Waals surface area contributed by atoms with Crippen molar-refractivity contribution in [1.82, 2.24) is 0 Å². The Hall–Kier alpha value is -3.27. The summed E-state index contributed by atoms with van der Waals surface area (Å²) in [5.74, 6) is -1.86. The molecular weight excluding hydrogens is 393 g/mol. The maximum Gasteiger partial charge on any atom is 0.432 e. The van der Waals surface area contributed by atoms with Crippen molar-refractivity contribution >= 4 is 23.4 Å². The Morgan fingerprint density at radius 1 is 1.07 bits per heavy atom. The summed E-state index contributed by atoms with van der Waals surface area (Å²) < 4.78 is 50.1. The molecule has 0 unspecified atom stereocenters. The number of carbonyl (C=O) groups is 2. The number of urea groups is 1. The van der Waals surface area contributed by atoms with E-state index in [1.54, 1.807) is 30.3 Å². The predicted octanol–water partition coefficient (Wildman–Crippen LogP) is 3.65. The number of nitrogens with one attached hydrogen (secondary N) is 2. The minimum absolute atomic E-state index is 0.0188. The van der Waals surface area contributed by atoms with Gasteiger partial charge in [-0.05, 0) is 31.2 Å². The van der Waals surface area contributed by atoms with E-state index in [4.69, 9.17) is 4.74 Å². The topological polar surface area (TPSA) is 96.9 Å². The number of rotatable bonds is 6. The van der Waals surface area contributed by atoms with Crippen LogP contribution in [0, 0.1) is 0 Å². The Morgan fingerprint density at radius 3 is 2.28 bits per heavy atom. The van der Waals surface area contributed by atoms with Crippen LogP contribution in [0.25, 0.3) is 0 Å². The van der Waals surface area contributed by atoms with Crippen LogP contribution in [0.5, 0.6) is 5.75 Å². The number of halogens is 3. The van der Waals surface area contributed by atoms with Gasteiger partial charge in [-0.25, -0.2) is 9.59 Å². The standard InChI is InChI=1S/C19H19F3N2O5/c1-3-29-16(25)18(27,19(20,21)22)12-9-10-15(28-2)14(11-12)24-17(26)23-13-7-5-4-6-8-13/h4-11,27H,3H2,1-2H3,(H2,23,24,26)/t18-/m1/s1. The molecule has 0 aliphatic carbocycles. The lowest BCUT2D eigenvalue weighted by molar-refractivity contribution is -0.267. The van der Waals surface area contributed by atoms with Gasteiger partial charge in [0.25, 0.3) is 5.60 Å². The number of aliphatic hydroxyl groups is 1. The molecule has 2 rings (SSSR count). The van der Waals surface area contributed by atoms with Crippen molar-refractivity contribution in [2.45, 2.75) is 18.7 Å². The third-order valence-electron chi connectivity index (χ3n) is 3.88. The first-order valence-corrected chi connectivity index (χ1v) is 8.41. The zero-order valence-electron chi connectivity index (χ0n) is 15.5. The highest BCUT2D eigenvalue weighted by Crippen LogP contribution is 2.42. The molecule has 7 nitrogen and oxygen atoms in total. The van der Waals surface area contributed by atoms with Gasteiger partial charge in [0.2, 0.25) is 0 Å². The van der Waals surface area contributed by atoms with Crippen molar-refractivity contribution in [3.8, 4) is 5.75 Å².